The number of carbonyl (C=O) groups is 2. The number of ether oxygens (including phenoxy) is 1. The summed E-state index contributed by atoms with van der Waals surface area (Å²) in [6.45, 7) is -0.859. The molecule has 0 bridgehead atoms. The molecular formula is C13H10O7. The van der Waals surface area contributed by atoms with Gasteiger partial charge in [-0.05, 0) is 0 Å². The summed E-state index contributed by atoms with van der Waals surface area (Å²) in [6, 6.07) is 5.73. The number of carboxylic acids is 1. The molecule has 1 aliphatic carbocycles. The number of aliphatic hydroxyl groups is 3. The van der Waals surface area contributed by atoms with Gasteiger partial charge in [-0.25, -0.2) is 4.79 Å². The molecule has 1 heterocycles. The van der Waals surface area contributed by atoms with Crippen LogP contribution in [0.15, 0.2) is 35.6 Å². The Balaban J connectivity index is 2.32. The maximum Gasteiger partial charge on any atom is 0.338 e. The van der Waals surface area contributed by atoms with Gasteiger partial charge in [-0.3, -0.25) is 4.79 Å². The van der Waals surface area contributed by atoms with Crippen molar-refractivity contribution in [1.82, 2.24) is 0 Å². The third kappa shape index (κ3) is 1.15. The Morgan fingerprint density at radius 1 is 1.25 bits per heavy atom. The predicted octanol–water partition coefficient (Wildman–Crippen LogP) is -0.880. The minimum Gasteiger partial charge on any atom is -0.478 e. The normalized spacial score (nSPS) is 31.1. The Bertz CT molecular complexity index is 677. The molecule has 0 unspecified atom stereocenters. The SMILES string of the molecule is O=C(O)C1=C(CO)O[C@]2(O)c3ccccc3C(=O)[C@]12O. The number of benzene rings is 1. The fourth-order valence-corrected chi connectivity index (χ4v) is 2.75. The molecule has 0 spiro atoms. The third-order valence-electron chi connectivity index (χ3n) is 3.62. The highest BCUT2D eigenvalue weighted by molar-refractivity contribution is 6.15. The number of carboxylic acid groups (broad SMARTS) is 1. The van der Waals surface area contributed by atoms with E-state index in [1.807, 2.05) is 0 Å². The Morgan fingerprint density at radius 2 is 1.90 bits per heavy atom. The quantitative estimate of drug-likeness (QED) is 0.553. The molecule has 1 aliphatic heterocycles. The fraction of sp³-hybridized carbons (Fsp3) is 0.231. The van der Waals surface area contributed by atoms with E-state index in [2.05, 4.69) is 0 Å². The van der Waals surface area contributed by atoms with Crippen molar-refractivity contribution in [2.24, 2.45) is 0 Å². The molecule has 0 fully saturated rings. The van der Waals surface area contributed by atoms with Crippen LogP contribution in [-0.2, 0) is 15.3 Å². The Hall–Kier alpha value is -2.22. The van der Waals surface area contributed by atoms with Crippen molar-refractivity contribution in [2.45, 2.75) is 11.4 Å². The minimum atomic E-state index is -2.76. The van der Waals surface area contributed by atoms with E-state index in [0.717, 1.165) is 0 Å². The number of aliphatic hydroxyl groups excluding tert-OH is 1. The van der Waals surface area contributed by atoms with E-state index in [-0.39, 0.29) is 11.1 Å². The summed E-state index contributed by atoms with van der Waals surface area (Å²) in [4.78, 5) is 23.6. The molecule has 1 aromatic carbocycles. The second-order valence-electron chi connectivity index (χ2n) is 4.59. The average Bonchev–Trinajstić information content (AvgIpc) is 2.76. The summed E-state index contributed by atoms with van der Waals surface area (Å²) < 4.78 is 5.03. The van der Waals surface area contributed by atoms with Crippen molar-refractivity contribution in [1.29, 1.82) is 0 Å². The van der Waals surface area contributed by atoms with Gasteiger partial charge in [0.05, 0.1) is 0 Å². The molecule has 7 heteroatoms. The van der Waals surface area contributed by atoms with Crippen LogP contribution in [0.4, 0.5) is 0 Å². The molecule has 7 nitrogen and oxygen atoms in total. The first-order valence-corrected chi connectivity index (χ1v) is 5.73. The molecule has 2 atom stereocenters. The van der Waals surface area contributed by atoms with E-state index in [4.69, 9.17) is 14.9 Å². The van der Waals surface area contributed by atoms with Gasteiger partial charge in [0.25, 0.3) is 5.79 Å². The maximum absolute atomic E-state index is 12.3. The zero-order valence-electron chi connectivity index (χ0n) is 10.0. The fourth-order valence-electron chi connectivity index (χ4n) is 2.75. The lowest BCUT2D eigenvalue weighted by Gasteiger charge is -2.29. The first kappa shape index (κ1) is 12.8. The highest BCUT2D eigenvalue weighted by Gasteiger charge is 2.72. The van der Waals surface area contributed by atoms with Crippen LogP contribution in [0.5, 0.6) is 0 Å². The molecule has 1 aromatic rings. The lowest BCUT2D eigenvalue weighted by Crippen LogP contribution is -2.52. The molecule has 0 radical (unpaired) electrons. The minimum absolute atomic E-state index is 0.0201. The van der Waals surface area contributed by atoms with Gasteiger partial charge in [-0.15, -0.1) is 0 Å². The molecule has 0 amide bonds. The van der Waals surface area contributed by atoms with Gasteiger partial charge in [-0.2, -0.15) is 0 Å². The van der Waals surface area contributed by atoms with Gasteiger partial charge in [0.2, 0.25) is 11.4 Å². The summed E-state index contributed by atoms with van der Waals surface area (Å²) >= 11 is 0. The number of Topliss-reactive ketones (excluding diaryl/α,β-unsaturated/α-hetero) is 1. The lowest BCUT2D eigenvalue weighted by molar-refractivity contribution is -0.238. The predicted molar refractivity (Wildman–Crippen MR) is 62.5 cm³/mol. The Labute approximate surface area is 112 Å². The zero-order valence-corrected chi connectivity index (χ0v) is 10.0. The number of ketones is 1. The average molecular weight is 278 g/mol. The van der Waals surface area contributed by atoms with Gasteiger partial charge in [0, 0.05) is 11.1 Å². The summed E-state index contributed by atoms with van der Waals surface area (Å²) in [6.07, 6.45) is 0. The van der Waals surface area contributed by atoms with Crippen molar-refractivity contribution < 1.29 is 34.8 Å². The monoisotopic (exact) mass is 278 g/mol. The van der Waals surface area contributed by atoms with Gasteiger partial charge < -0.3 is 25.2 Å². The van der Waals surface area contributed by atoms with Crippen LogP contribution in [0, 0.1) is 0 Å². The largest absolute Gasteiger partial charge is 0.478 e. The van der Waals surface area contributed by atoms with Crippen LogP contribution in [0.1, 0.15) is 15.9 Å². The van der Waals surface area contributed by atoms with E-state index < -0.39 is 41.1 Å². The van der Waals surface area contributed by atoms with Crippen LogP contribution in [0.2, 0.25) is 0 Å². The molecule has 20 heavy (non-hydrogen) atoms. The smallest absolute Gasteiger partial charge is 0.338 e. The number of carbonyl (C=O) groups excluding carboxylic acids is 1. The molecule has 2 aliphatic rings. The van der Waals surface area contributed by atoms with Crippen LogP contribution in [0.3, 0.4) is 0 Å². The van der Waals surface area contributed by atoms with Gasteiger partial charge in [-0.1, -0.05) is 24.3 Å². The topological polar surface area (TPSA) is 124 Å². The van der Waals surface area contributed by atoms with Crippen molar-refractivity contribution in [3.63, 3.8) is 0 Å². The van der Waals surface area contributed by atoms with Crippen molar-refractivity contribution in [2.75, 3.05) is 6.61 Å². The molecular weight excluding hydrogens is 268 g/mol. The first-order chi connectivity index (χ1) is 9.38. The molecule has 0 saturated carbocycles. The lowest BCUT2D eigenvalue weighted by atomic mass is 9.86. The van der Waals surface area contributed by atoms with E-state index >= 15 is 0 Å². The van der Waals surface area contributed by atoms with Crippen molar-refractivity contribution in [3.8, 4) is 0 Å². The first-order valence-electron chi connectivity index (χ1n) is 5.73. The second-order valence-corrected chi connectivity index (χ2v) is 4.59. The molecule has 0 saturated heterocycles. The van der Waals surface area contributed by atoms with Crippen LogP contribution >= 0.6 is 0 Å². The third-order valence-corrected chi connectivity index (χ3v) is 3.62. The van der Waals surface area contributed by atoms with E-state index in [1.165, 1.54) is 24.3 Å². The molecule has 3 rings (SSSR count). The van der Waals surface area contributed by atoms with Crippen LogP contribution < -0.4 is 0 Å². The maximum atomic E-state index is 12.3. The summed E-state index contributed by atoms with van der Waals surface area (Å²) in [5, 5.41) is 39.4. The Kier molecular flexibility index (Phi) is 2.34. The van der Waals surface area contributed by atoms with Gasteiger partial charge in [0.1, 0.15) is 17.9 Å². The number of fused-ring (bicyclic) bond motifs is 3. The summed E-state index contributed by atoms with van der Waals surface area (Å²) in [7, 11) is 0. The molecule has 104 valence electrons. The van der Waals surface area contributed by atoms with Gasteiger partial charge >= 0.3 is 5.97 Å². The highest BCUT2D eigenvalue weighted by atomic mass is 16.7. The van der Waals surface area contributed by atoms with Crippen LogP contribution in [-0.4, -0.2) is 44.4 Å². The molecule has 0 aromatic heterocycles. The van der Waals surface area contributed by atoms with Crippen molar-refractivity contribution >= 4 is 11.8 Å². The summed E-state index contributed by atoms with van der Waals surface area (Å²) in [5.41, 5.74) is -3.66. The number of hydrogen-bond donors (Lipinski definition) is 4. The standard InChI is InChI=1S/C13H10O7/c14-5-8-9(11(16)17)12(18)10(15)6-3-1-2-4-7(6)13(12,19)20-8/h1-4,14,18-19H,5H2,(H,16,17)/t12-,13-/m1/s1. The van der Waals surface area contributed by atoms with E-state index in [0.29, 0.717) is 0 Å². The van der Waals surface area contributed by atoms with Crippen LogP contribution in [0.25, 0.3) is 0 Å². The second kappa shape index (κ2) is 3.66. The summed E-state index contributed by atoms with van der Waals surface area (Å²) in [5.74, 6) is -5.69. The number of hydrogen-bond acceptors (Lipinski definition) is 6. The van der Waals surface area contributed by atoms with E-state index in [1.54, 1.807) is 0 Å². The highest BCUT2D eigenvalue weighted by Crippen LogP contribution is 2.54. The Morgan fingerprint density at radius 3 is 2.50 bits per heavy atom. The van der Waals surface area contributed by atoms with Gasteiger partial charge in [0.15, 0.2) is 0 Å². The number of aliphatic carboxylic acids is 1. The van der Waals surface area contributed by atoms with E-state index in [9.17, 15) is 19.8 Å². The number of rotatable bonds is 2. The van der Waals surface area contributed by atoms with Crippen molar-refractivity contribution in [3.05, 3.63) is 46.7 Å². The zero-order chi connectivity index (χ0) is 14.7. The molecule has 4 N–H and O–H groups in total.